The number of hydrogen-bond acceptors (Lipinski definition) is 3. The van der Waals surface area contributed by atoms with Crippen LogP contribution in [-0.4, -0.2) is 35.3 Å². The number of nitrogens with zero attached hydrogens (tertiary/aromatic N) is 2. The van der Waals surface area contributed by atoms with Crippen LogP contribution in [0.1, 0.15) is 28.9 Å². The number of amides is 1. The molecule has 1 aromatic rings. The zero-order chi connectivity index (χ0) is 12.3. The zero-order valence-electron chi connectivity index (χ0n) is 10.5. The summed E-state index contributed by atoms with van der Waals surface area (Å²) in [6.45, 7) is 4.76. The summed E-state index contributed by atoms with van der Waals surface area (Å²) in [4.78, 5) is 11.9. The van der Waals surface area contributed by atoms with Crippen molar-refractivity contribution in [3.8, 4) is 0 Å². The number of aromatic nitrogens is 2. The first-order chi connectivity index (χ1) is 8.16. The van der Waals surface area contributed by atoms with Crippen LogP contribution in [0.3, 0.4) is 0 Å². The molecule has 2 rings (SSSR count). The van der Waals surface area contributed by atoms with Crippen molar-refractivity contribution in [2.75, 3.05) is 19.6 Å². The first-order valence-corrected chi connectivity index (χ1v) is 6.16. The molecule has 5 nitrogen and oxygen atoms in total. The standard InChI is InChI=1S/C12H20N4O/c1-9-11(8-16(2)15-9)12(17)14-7-10-3-5-13-6-4-10/h8,10,13H,3-7H2,1-2H3,(H,14,17). The summed E-state index contributed by atoms with van der Waals surface area (Å²) in [7, 11) is 1.83. The quantitative estimate of drug-likeness (QED) is 0.801. The van der Waals surface area contributed by atoms with Gasteiger partial charge in [0, 0.05) is 19.8 Å². The van der Waals surface area contributed by atoms with Crippen LogP contribution < -0.4 is 10.6 Å². The molecule has 5 heteroatoms. The van der Waals surface area contributed by atoms with Crippen LogP contribution in [0, 0.1) is 12.8 Å². The van der Waals surface area contributed by atoms with Crippen molar-refractivity contribution >= 4 is 5.91 Å². The van der Waals surface area contributed by atoms with E-state index in [2.05, 4.69) is 15.7 Å². The van der Waals surface area contributed by atoms with Crippen molar-refractivity contribution in [2.45, 2.75) is 19.8 Å². The highest BCUT2D eigenvalue weighted by atomic mass is 16.1. The molecule has 0 aromatic carbocycles. The Bertz CT molecular complexity index is 393. The highest BCUT2D eigenvalue weighted by Crippen LogP contribution is 2.11. The number of aryl methyl sites for hydroxylation is 2. The lowest BCUT2D eigenvalue weighted by atomic mass is 9.98. The summed E-state index contributed by atoms with van der Waals surface area (Å²) in [5, 5.41) is 10.5. The third-order valence-electron chi connectivity index (χ3n) is 3.27. The molecule has 2 N–H and O–H groups in total. The van der Waals surface area contributed by atoms with Crippen molar-refractivity contribution in [1.29, 1.82) is 0 Å². The Morgan fingerprint density at radius 1 is 1.59 bits per heavy atom. The average Bonchev–Trinajstić information content (AvgIpc) is 2.67. The van der Waals surface area contributed by atoms with Gasteiger partial charge < -0.3 is 10.6 Å². The van der Waals surface area contributed by atoms with Crippen LogP contribution in [0.2, 0.25) is 0 Å². The Morgan fingerprint density at radius 3 is 2.88 bits per heavy atom. The molecule has 0 radical (unpaired) electrons. The van der Waals surface area contributed by atoms with E-state index < -0.39 is 0 Å². The number of rotatable bonds is 3. The molecule has 0 atom stereocenters. The molecule has 2 heterocycles. The Kier molecular flexibility index (Phi) is 3.78. The third-order valence-corrected chi connectivity index (χ3v) is 3.27. The topological polar surface area (TPSA) is 59.0 Å². The lowest BCUT2D eigenvalue weighted by Gasteiger charge is -2.22. The minimum Gasteiger partial charge on any atom is -0.352 e. The average molecular weight is 236 g/mol. The molecular formula is C12H20N4O. The molecule has 0 aliphatic carbocycles. The monoisotopic (exact) mass is 236 g/mol. The van der Waals surface area contributed by atoms with E-state index in [0.717, 1.165) is 38.2 Å². The van der Waals surface area contributed by atoms with Gasteiger partial charge in [-0.3, -0.25) is 9.48 Å². The van der Waals surface area contributed by atoms with Crippen molar-refractivity contribution in [2.24, 2.45) is 13.0 Å². The molecule has 0 spiro atoms. The summed E-state index contributed by atoms with van der Waals surface area (Å²) in [5.74, 6) is 0.603. The Labute approximate surface area is 102 Å². The zero-order valence-corrected chi connectivity index (χ0v) is 10.5. The van der Waals surface area contributed by atoms with Crippen LogP contribution in [-0.2, 0) is 7.05 Å². The minimum atomic E-state index is -0.00543. The van der Waals surface area contributed by atoms with E-state index in [1.54, 1.807) is 10.9 Å². The van der Waals surface area contributed by atoms with E-state index in [4.69, 9.17) is 0 Å². The summed E-state index contributed by atoms with van der Waals surface area (Å²) in [6.07, 6.45) is 4.06. The van der Waals surface area contributed by atoms with Crippen molar-refractivity contribution in [1.82, 2.24) is 20.4 Å². The maximum Gasteiger partial charge on any atom is 0.254 e. The third kappa shape index (κ3) is 3.06. The summed E-state index contributed by atoms with van der Waals surface area (Å²) < 4.78 is 1.68. The second kappa shape index (κ2) is 5.31. The molecule has 1 aliphatic heterocycles. The second-order valence-electron chi connectivity index (χ2n) is 4.71. The van der Waals surface area contributed by atoms with Crippen molar-refractivity contribution in [3.05, 3.63) is 17.5 Å². The van der Waals surface area contributed by atoms with E-state index in [9.17, 15) is 4.79 Å². The molecule has 1 saturated heterocycles. The van der Waals surface area contributed by atoms with Crippen LogP contribution in [0.15, 0.2) is 6.20 Å². The molecule has 94 valence electrons. The molecule has 0 saturated carbocycles. The predicted molar refractivity (Wildman–Crippen MR) is 65.9 cm³/mol. The molecule has 1 aromatic heterocycles. The van der Waals surface area contributed by atoms with Gasteiger partial charge >= 0.3 is 0 Å². The van der Waals surface area contributed by atoms with Gasteiger partial charge in [-0.25, -0.2) is 0 Å². The van der Waals surface area contributed by atoms with Crippen LogP contribution >= 0.6 is 0 Å². The van der Waals surface area contributed by atoms with E-state index in [-0.39, 0.29) is 5.91 Å². The van der Waals surface area contributed by atoms with E-state index in [1.165, 1.54) is 0 Å². The van der Waals surface area contributed by atoms with Gasteiger partial charge in [0.15, 0.2) is 0 Å². The van der Waals surface area contributed by atoms with Crippen molar-refractivity contribution < 1.29 is 4.79 Å². The number of piperidine rings is 1. The van der Waals surface area contributed by atoms with Gasteiger partial charge in [-0.15, -0.1) is 0 Å². The summed E-state index contributed by atoms with van der Waals surface area (Å²) in [5.41, 5.74) is 1.47. The highest BCUT2D eigenvalue weighted by molar-refractivity contribution is 5.94. The fraction of sp³-hybridized carbons (Fsp3) is 0.667. The number of hydrogen-bond donors (Lipinski definition) is 2. The van der Waals surface area contributed by atoms with Gasteiger partial charge in [0.1, 0.15) is 0 Å². The maximum absolute atomic E-state index is 11.9. The number of carbonyl (C=O) groups excluding carboxylic acids is 1. The van der Waals surface area contributed by atoms with Gasteiger partial charge in [-0.05, 0) is 38.8 Å². The van der Waals surface area contributed by atoms with Gasteiger partial charge in [0.25, 0.3) is 5.91 Å². The lowest BCUT2D eigenvalue weighted by molar-refractivity contribution is 0.0943. The Balaban J connectivity index is 1.86. The van der Waals surface area contributed by atoms with E-state index >= 15 is 0 Å². The fourth-order valence-corrected chi connectivity index (χ4v) is 2.24. The number of carbonyl (C=O) groups is 1. The summed E-state index contributed by atoms with van der Waals surface area (Å²) >= 11 is 0. The fourth-order valence-electron chi connectivity index (χ4n) is 2.24. The van der Waals surface area contributed by atoms with Crippen LogP contribution in [0.4, 0.5) is 0 Å². The molecule has 1 amide bonds. The molecule has 0 bridgehead atoms. The SMILES string of the molecule is Cc1nn(C)cc1C(=O)NCC1CCNCC1. The van der Waals surface area contributed by atoms with Gasteiger partial charge in [-0.1, -0.05) is 0 Å². The van der Waals surface area contributed by atoms with Gasteiger partial charge in [-0.2, -0.15) is 5.10 Å². The highest BCUT2D eigenvalue weighted by Gasteiger charge is 2.16. The Hall–Kier alpha value is -1.36. The molecular weight excluding hydrogens is 216 g/mol. The first-order valence-electron chi connectivity index (χ1n) is 6.16. The van der Waals surface area contributed by atoms with E-state index in [0.29, 0.717) is 11.5 Å². The Morgan fingerprint density at radius 2 is 2.29 bits per heavy atom. The minimum absolute atomic E-state index is 0.00543. The lowest BCUT2D eigenvalue weighted by Crippen LogP contribution is -2.36. The van der Waals surface area contributed by atoms with Gasteiger partial charge in [0.05, 0.1) is 11.3 Å². The van der Waals surface area contributed by atoms with Crippen molar-refractivity contribution in [3.63, 3.8) is 0 Å². The predicted octanol–water partition coefficient (Wildman–Crippen LogP) is 0.458. The van der Waals surface area contributed by atoms with E-state index in [1.807, 2.05) is 14.0 Å². The molecule has 1 fully saturated rings. The number of nitrogens with one attached hydrogen (secondary N) is 2. The normalized spacial score (nSPS) is 17.1. The smallest absolute Gasteiger partial charge is 0.254 e. The second-order valence-corrected chi connectivity index (χ2v) is 4.71. The van der Waals surface area contributed by atoms with Crippen LogP contribution in [0.5, 0.6) is 0 Å². The maximum atomic E-state index is 11.9. The molecule has 1 aliphatic rings. The van der Waals surface area contributed by atoms with Crippen LogP contribution in [0.25, 0.3) is 0 Å². The van der Waals surface area contributed by atoms with Gasteiger partial charge in [0.2, 0.25) is 0 Å². The first kappa shape index (κ1) is 12.1. The molecule has 17 heavy (non-hydrogen) atoms. The summed E-state index contributed by atoms with van der Waals surface area (Å²) in [6, 6.07) is 0. The largest absolute Gasteiger partial charge is 0.352 e. The molecule has 0 unspecified atom stereocenters.